The number of nitrogens with zero attached hydrogens (tertiary/aromatic N) is 2. The Labute approximate surface area is 119 Å². The van der Waals surface area contributed by atoms with Gasteiger partial charge < -0.3 is 10.3 Å². The summed E-state index contributed by atoms with van der Waals surface area (Å²) in [6.45, 7) is 3.64. The largest absolute Gasteiger partial charge is 0.335 e. The number of rotatable bonds is 7. The third kappa shape index (κ3) is 3.54. The number of carbonyl (C=O) groups excluding carboxylic acids is 1. The van der Waals surface area contributed by atoms with Gasteiger partial charge in [-0.15, -0.1) is 0 Å². The number of hydrogen-bond acceptors (Lipinski definition) is 3. The molecule has 0 bridgehead atoms. The third-order valence-electron chi connectivity index (χ3n) is 3.29. The molecule has 0 atom stereocenters. The van der Waals surface area contributed by atoms with Crippen molar-refractivity contribution in [3.63, 3.8) is 0 Å². The van der Waals surface area contributed by atoms with Crippen molar-refractivity contribution >= 4 is 5.78 Å². The summed E-state index contributed by atoms with van der Waals surface area (Å²) < 4.78 is 2.04. The predicted octanol–water partition coefficient (Wildman–Crippen LogP) is 2.22. The SMILES string of the molecule is CCCn1ccnc1CC(=O)c1ccc(CCN)cc1. The van der Waals surface area contributed by atoms with E-state index < -0.39 is 0 Å². The predicted molar refractivity (Wildman–Crippen MR) is 79.8 cm³/mol. The van der Waals surface area contributed by atoms with Crippen LogP contribution >= 0.6 is 0 Å². The Hall–Kier alpha value is -1.94. The van der Waals surface area contributed by atoms with Crippen LogP contribution in [0, 0.1) is 0 Å². The highest BCUT2D eigenvalue weighted by Crippen LogP contribution is 2.09. The van der Waals surface area contributed by atoms with Crippen molar-refractivity contribution < 1.29 is 4.79 Å². The van der Waals surface area contributed by atoms with Crippen LogP contribution < -0.4 is 5.73 Å². The first-order valence-corrected chi connectivity index (χ1v) is 7.06. The summed E-state index contributed by atoms with van der Waals surface area (Å²) in [4.78, 5) is 16.5. The van der Waals surface area contributed by atoms with Gasteiger partial charge in [-0.2, -0.15) is 0 Å². The molecule has 0 aliphatic rings. The summed E-state index contributed by atoms with van der Waals surface area (Å²) in [5, 5.41) is 0. The van der Waals surface area contributed by atoms with E-state index in [2.05, 4.69) is 11.9 Å². The van der Waals surface area contributed by atoms with Crippen molar-refractivity contribution in [2.45, 2.75) is 32.7 Å². The second-order valence-electron chi connectivity index (χ2n) is 4.87. The highest BCUT2D eigenvalue weighted by Gasteiger charge is 2.11. The van der Waals surface area contributed by atoms with Gasteiger partial charge in [0.25, 0.3) is 0 Å². The fourth-order valence-electron chi connectivity index (χ4n) is 2.22. The quantitative estimate of drug-likeness (QED) is 0.785. The van der Waals surface area contributed by atoms with Gasteiger partial charge in [0.2, 0.25) is 0 Å². The maximum atomic E-state index is 12.3. The number of benzene rings is 1. The summed E-state index contributed by atoms with van der Waals surface area (Å²) >= 11 is 0. The first-order chi connectivity index (χ1) is 9.74. The molecule has 2 N–H and O–H groups in total. The van der Waals surface area contributed by atoms with Crippen LogP contribution in [0.25, 0.3) is 0 Å². The van der Waals surface area contributed by atoms with Crippen LogP contribution in [0.15, 0.2) is 36.7 Å². The van der Waals surface area contributed by atoms with E-state index in [9.17, 15) is 4.79 Å². The minimum atomic E-state index is 0.104. The lowest BCUT2D eigenvalue weighted by Crippen LogP contribution is -2.10. The Bertz CT molecular complexity index is 557. The van der Waals surface area contributed by atoms with Crippen molar-refractivity contribution in [2.75, 3.05) is 6.54 Å². The van der Waals surface area contributed by atoms with Gasteiger partial charge in [-0.1, -0.05) is 31.2 Å². The Morgan fingerprint density at radius 1 is 1.30 bits per heavy atom. The van der Waals surface area contributed by atoms with Crippen LogP contribution in [0.3, 0.4) is 0 Å². The molecule has 2 rings (SSSR count). The van der Waals surface area contributed by atoms with E-state index in [0.29, 0.717) is 13.0 Å². The number of carbonyl (C=O) groups is 1. The molecule has 1 aromatic carbocycles. The normalized spacial score (nSPS) is 10.7. The van der Waals surface area contributed by atoms with Gasteiger partial charge >= 0.3 is 0 Å². The third-order valence-corrected chi connectivity index (χ3v) is 3.29. The number of aromatic nitrogens is 2. The van der Waals surface area contributed by atoms with Crippen LogP contribution in [-0.2, 0) is 19.4 Å². The number of ketones is 1. The van der Waals surface area contributed by atoms with Gasteiger partial charge in [-0.3, -0.25) is 4.79 Å². The van der Waals surface area contributed by atoms with Gasteiger partial charge in [-0.25, -0.2) is 4.98 Å². The lowest BCUT2D eigenvalue weighted by atomic mass is 10.0. The molecule has 1 aromatic heterocycles. The smallest absolute Gasteiger partial charge is 0.170 e. The standard InChI is InChI=1S/C16H21N3O/c1-2-10-19-11-9-18-16(19)12-15(20)14-5-3-13(4-6-14)7-8-17/h3-6,9,11H,2,7-8,10,12,17H2,1H3. The molecule has 0 saturated carbocycles. The van der Waals surface area contributed by atoms with E-state index in [4.69, 9.17) is 5.73 Å². The summed E-state index contributed by atoms with van der Waals surface area (Å²) in [5.41, 5.74) is 7.41. The number of aryl methyl sites for hydroxylation is 1. The Kier molecular flexibility index (Phi) is 5.07. The molecule has 0 amide bonds. The molecule has 106 valence electrons. The zero-order valence-corrected chi connectivity index (χ0v) is 11.9. The average molecular weight is 271 g/mol. The Morgan fingerprint density at radius 3 is 2.70 bits per heavy atom. The second-order valence-corrected chi connectivity index (χ2v) is 4.87. The molecule has 0 saturated heterocycles. The fourth-order valence-corrected chi connectivity index (χ4v) is 2.22. The molecule has 0 fully saturated rings. The minimum Gasteiger partial charge on any atom is -0.335 e. The van der Waals surface area contributed by atoms with Crippen molar-refractivity contribution in [3.05, 3.63) is 53.6 Å². The molecule has 0 spiro atoms. The van der Waals surface area contributed by atoms with E-state index >= 15 is 0 Å². The number of imidazole rings is 1. The number of nitrogens with two attached hydrogens (primary N) is 1. The fraction of sp³-hybridized carbons (Fsp3) is 0.375. The van der Waals surface area contributed by atoms with Crippen molar-refractivity contribution in [1.82, 2.24) is 9.55 Å². The molecule has 0 aliphatic heterocycles. The highest BCUT2D eigenvalue weighted by atomic mass is 16.1. The molecule has 0 aliphatic carbocycles. The topological polar surface area (TPSA) is 60.9 Å². The highest BCUT2D eigenvalue weighted by molar-refractivity contribution is 5.97. The molecular weight excluding hydrogens is 250 g/mol. The van der Waals surface area contributed by atoms with Crippen LogP contribution in [0.1, 0.15) is 35.1 Å². The first-order valence-electron chi connectivity index (χ1n) is 7.06. The molecular formula is C16H21N3O. The van der Waals surface area contributed by atoms with Crippen LogP contribution in [0.2, 0.25) is 0 Å². The van der Waals surface area contributed by atoms with E-state index in [0.717, 1.165) is 36.3 Å². The van der Waals surface area contributed by atoms with Gasteiger partial charge in [0.05, 0.1) is 6.42 Å². The molecule has 20 heavy (non-hydrogen) atoms. The molecule has 0 unspecified atom stereocenters. The van der Waals surface area contributed by atoms with E-state index in [-0.39, 0.29) is 5.78 Å². The second kappa shape index (κ2) is 7.01. The van der Waals surface area contributed by atoms with Gasteiger partial charge in [-0.05, 0) is 24.9 Å². The molecule has 0 radical (unpaired) electrons. The molecule has 2 aromatic rings. The van der Waals surface area contributed by atoms with Crippen LogP contribution in [0.5, 0.6) is 0 Å². The van der Waals surface area contributed by atoms with Crippen molar-refractivity contribution in [1.29, 1.82) is 0 Å². The Morgan fingerprint density at radius 2 is 2.05 bits per heavy atom. The summed E-state index contributed by atoms with van der Waals surface area (Å²) in [7, 11) is 0. The van der Waals surface area contributed by atoms with Gasteiger partial charge in [0, 0.05) is 24.5 Å². The maximum Gasteiger partial charge on any atom is 0.170 e. The zero-order chi connectivity index (χ0) is 14.4. The lowest BCUT2D eigenvalue weighted by molar-refractivity contribution is 0.0989. The first kappa shape index (κ1) is 14.5. The Balaban J connectivity index is 2.05. The monoisotopic (exact) mass is 271 g/mol. The average Bonchev–Trinajstić information content (AvgIpc) is 2.88. The van der Waals surface area contributed by atoms with E-state index in [1.165, 1.54) is 0 Å². The summed E-state index contributed by atoms with van der Waals surface area (Å²) in [6.07, 6.45) is 5.91. The zero-order valence-electron chi connectivity index (χ0n) is 11.9. The molecule has 1 heterocycles. The summed E-state index contributed by atoms with van der Waals surface area (Å²) in [5.74, 6) is 0.940. The van der Waals surface area contributed by atoms with Gasteiger partial charge in [0.15, 0.2) is 5.78 Å². The van der Waals surface area contributed by atoms with E-state index in [1.807, 2.05) is 35.0 Å². The minimum absolute atomic E-state index is 0.104. The maximum absolute atomic E-state index is 12.3. The number of hydrogen-bond donors (Lipinski definition) is 1. The van der Waals surface area contributed by atoms with Crippen molar-refractivity contribution in [2.24, 2.45) is 5.73 Å². The van der Waals surface area contributed by atoms with Crippen LogP contribution in [-0.4, -0.2) is 21.9 Å². The van der Waals surface area contributed by atoms with E-state index in [1.54, 1.807) is 6.20 Å². The lowest BCUT2D eigenvalue weighted by Gasteiger charge is -2.06. The van der Waals surface area contributed by atoms with Crippen molar-refractivity contribution in [3.8, 4) is 0 Å². The summed E-state index contributed by atoms with van der Waals surface area (Å²) in [6, 6.07) is 7.69. The van der Waals surface area contributed by atoms with Crippen LogP contribution in [0.4, 0.5) is 0 Å². The molecule has 4 heteroatoms. The number of Topliss-reactive ketones (excluding diaryl/α,β-unsaturated/α-hetero) is 1. The van der Waals surface area contributed by atoms with Gasteiger partial charge in [0.1, 0.15) is 5.82 Å². The molecule has 4 nitrogen and oxygen atoms in total.